The van der Waals surface area contributed by atoms with E-state index >= 15 is 0 Å². The number of carboxylic acids is 1. The molecule has 1 saturated heterocycles. The molecule has 5 nitrogen and oxygen atoms in total. The minimum absolute atomic E-state index is 0.173. The smallest absolute Gasteiger partial charge is 0.419 e. The van der Waals surface area contributed by atoms with E-state index in [1.165, 1.54) is 6.07 Å². The average Bonchev–Trinajstić information content (AvgIpc) is 2.66. The Hall–Kier alpha value is -2.46. The Morgan fingerprint density at radius 1 is 1.20 bits per heavy atom. The predicted molar refractivity (Wildman–Crippen MR) is 104 cm³/mol. The van der Waals surface area contributed by atoms with E-state index in [9.17, 15) is 26.6 Å². The average molecular weight is 444 g/mol. The van der Waals surface area contributed by atoms with Crippen LogP contribution in [-0.2, 0) is 28.4 Å². The quantitative estimate of drug-likeness (QED) is 0.715. The fourth-order valence-corrected chi connectivity index (χ4v) is 4.79. The zero-order valence-corrected chi connectivity index (χ0v) is 16.8. The van der Waals surface area contributed by atoms with Crippen LogP contribution in [-0.4, -0.2) is 45.3 Å². The second-order valence-corrected chi connectivity index (χ2v) is 8.50. The highest BCUT2D eigenvalue weighted by Crippen LogP contribution is 2.33. The van der Waals surface area contributed by atoms with Crippen molar-refractivity contribution in [1.29, 1.82) is 0 Å². The maximum Gasteiger partial charge on any atom is 0.419 e. The second kappa shape index (κ2) is 8.73. The molecule has 0 aromatic heterocycles. The van der Waals surface area contributed by atoms with E-state index < -0.39 is 34.5 Å². The summed E-state index contributed by atoms with van der Waals surface area (Å²) in [5, 5.41) is 8.92. The summed E-state index contributed by atoms with van der Waals surface area (Å²) in [5.74, 6) is -2.31. The van der Waals surface area contributed by atoms with Gasteiger partial charge in [-0.25, -0.2) is 12.9 Å². The lowest BCUT2D eigenvalue weighted by Gasteiger charge is -2.40. The standard InChI is InChI=1S/C20H20F4N2O3S/c1-13-12-25(15-5-6-17(18(21)11-15)20(22,23)24)7-8-26(13)30(29)16-4-2-3-14(9-16)10-19(27)28/h2-6,9,11,13H,7-8,10,12H2,1H3,(H,27,28)/t13-,30?/m1/s1. The Kier molecular flexibility index (Phi) is 6.47. The lowest BCUT2D eigenvalue weighted by molar-refractivity contribution is -0.140. The van der Waals surface area contributed by atoms with Crippen molar-refractivity contribution < 1.29 is 31.7 Å². The summed E-state index contributed by atoms with van der Waals surface area (Å²) >= 11 is 0. The third-order valence-corrected chi connectivity index (χ3v) is 6.48. The number of anilines is 1. The zero-order chi connectivity index (χ0) is 22.1. The first kappa shape index (κ1) is 22.2. The predicted octanol–water partition coefficient (Wildman–Crippen LogP) is 3.70. The maximum absolute atomic E-state index is 13.9. The molecule has 2 aromatic rings. The first-order valence-electron chi connectivity index (χ1n) is 9.17. The molecule has 2 aromatic carbocycles. The van der Waals surface area contributed by atoms with Crippen molar-refractivity contribution in [2.24, 2.45) is 0 Å². The van der Waals surface area contributed by atoms with Crippen LogP contribution in [0.15, 0.2) is 47.4 Å². The van der Waals surface area contributed by atoms with Crippen molar-refractivity contribution in [2.45, 2.75) is 30.5 Å². The molecular formula is C20H20F4N2O3S. The van der Waals surface area contributed by atoms with Gasteiger partial charge in [0.2, 0.25) is 0 Å². The van der Waals surface area contributed by atoms with Crippen LogP contribution in [0.5, 0.6) is 0 Å². The van der Waals surface area contributed by atoms with Gasteiger partial charge < -0.3 is 10.0 Å². The van der Waals surface area contributed by atoms with E-state index in [0.29, 0.717) is 35.8 Å². The third kappa shape index (κ3) is 4.99. The molecule has 0 amide bonds. The van der Waals surface area contributed by atoms with Gasteiger partial charge in [0.1, 0.15) is 16.8 Å². The van der Waals surface area contributed by atoms with Crippen molar-refractivity contribution in [3.05, 3.63) is 59.4 Å². The number of alkyl halides is 3. The zero-order valence-electron chi connectivity index (χ0n) is 16.0. The number of benzene rings is 2. The van der Waals surface area contributed by atoms with Crippen molar-refractivity contribution in [2.75, 3.05) is 24.5 Å². The molecule has 30 heavy (non-hydrogen) atoms. The number of rotatable bonds is 5. The Bertz CT molecular complexity index is 967. The monoisotopic (exact) mass is 444 g/mol. The Labute approximate surface area is 173 Å². The molecule has 0 radical (unpaired) electrons. The highest BCUT2D eigenvalue weighted by atomic mass is 32.2. The molecule has 1 unspecified atom stereocenters. The van der Waals surface area contributed by atoms with Crippen LogP contribution in [0.25, 0.3) is 0 Å². The summed E-state index contributed by atoms with van der Waals surface area (Å²) in [6.45, 7) is 2.88. The summed E-state index contributed by atoms with van der Waals surface area (Å²) in [7, 11) is -1.53. The molecule has 0 saturated carbocycles. The summed E-state index contributed by atoms with van der Waals surface area (Å²) in [6.07, 6.45) is -4.92. The summed E-state index contributed by atoms with van der Waals surface area (Å²) in [5.41, 5.74) is -0.429. The van der Waals surface area contributed by atoms with Crippen molar-refractivity contribution in [1.82, 2.24) is 4.31 Å². The molecule has 2 atom stereocenters. The third-order valence-electron chi connectivity index (χ3n) is 4.86. The first-order chi connectivity index (χ1) is 14.1. The molecule has 0 bridgehead atoms. The molecule has 0 aliphatic carbocycles. The minimum Gasteiger partial charge on any atom is -0.481 e. The topological polar surface area (TPSA) is 60.9 Å². The maximum atomic E-state index is 13.9. The Morgan fingerprint density at radius 3 is 2.53 bits per heavy atom. The normalized spacial score (nSPS) is 19.0. The van der Waals surface area contributed by atoms with E-state index in [4.69, 9.17) is 5.11 Å². The van der Waals surface area contributed by atoms with Crippen LogP contribution in [0.3, 0.4) is 0 Å². The number of carboxylic acid groups (broad SMARTS) is 1. The number of carbonyl (C=O) groups is 1. The van der Waals surface area contributed by atoms with Crippen LogP contribution < -0.4 is 4.90 Å². The summed E-state index contributed by atoms with van der Waals surface area (Å²) in [6, 6.07) is 9.16. The Morgan fingerprint density at radius 2 is 1.93 bits per heavy atom. The lowest BCUT2D eigenvalue weighted by atomic mass is 10.1. The van der Waals surface area contributed by atoms with E-state index in [1.54, 1.807) is 33.5 Å². The van der Waals surface area contributed by atoms with Gasteiger partial charge in [-0.2, -0.15) is 13.2 Å². The number of aliphatic carboxylic acids is 1. The minimum atomic E-state index is -4.75. The van der Waals surface area contributed by atoms with E-state index in [0.717, 1.165) is 12.1 Å². The van der Waals surface area contributed by atoms with Gasteiger partial charge in [0.15, 0.2) is 0 Å². The second-order valence-electron chi connectivity index (χ2n) is 7.06. The number of nitrogens with zero attached hydrogens (tertiary/aromatic N) is 2. The van der Waals surface area contributed by atoms with Gasteiger partial charge in [-0.3, -0.25) is 4.79 Å². The molecule has 1 aliphatic rings. The number of hydrogen-bond acceptors (Lipinski definition) is 3. The Balaban J connectivity index is 1.72. The molecule has 1 N–H and O–H groups in total. The fraction of sp³-hybridized carbons (Fsp3) is 0.350. The van der Waals surface area contributed by atoms with Crippen molar-refractivity contribution >= 4 is 22.6 Å². The lowest BCUT2D eigenvalue weighted by Crippen LogP contribution is -2.52. The molecule has 1 aliphatic heterocycles. The molecular weight excluding hydrogens is 424 g/mol. The molecule has 1 heterocycles. The van der Waals surface area contributed by atoms with E-state index in [2.05, 4.69) is 0 Å². The van der Waals surface area contributed by atoms with Gasteiger partial charge in [0.05, 0.1) is 16.9 Å². The summed E-state index contributed by atoms with van der Waals surface area (Å²) in [4.78, 5) is 13.1. The van der Waals surface area contributed by atoms with Crippen molar-refractivity contribution in [3.63, 3.8) is 0 Å². The van der Waals surface area contributed by atoms with Crippen LogP contribution in [0.2, 0.25) is 0 Å². The molecule has 10 heteroatoms. The van der Waals surface area contributed by atoms with Gasteiger partial charge in [0, 0.05) is 31.4 Å². The summed E-state index contributed by atoms with van der Waals surface area (Å²) < 4.78 is 66.9. The van der Waals surface area contributed by atoms with Gasteiger partial charge in [-0.05, 0) is 42.8 Å². The van der Waals surface area contributed by atoms with Crippen molar-refractivity contribution in [3.8, 4) is 0 Å². The number of hydrogen-bond donors (Lipinski definition) is 1. The van der Waals surface area contributed by atoms with Crippen LogP contribution in [0.1, 0.15) is 18.1 Å². The molecule has 162 valence electrons. The first-order valence-corrected chi connectivity index (χ1v) is 10.3. The number of piperazine rings is 1. The fourth-order valence-electron chi connectivity index (χ4n) is 3.43. The van der Waals surface area contributed by atoms with Gasteiger partial charge in [0.25, 0.3) is 0 Å². The van der Waals surface area contributed by atoms with Gasteiger partial charge >= 0.3 is 12.1 Å². The van der Waals surface area contributed by atoms with Crippen LogP contribution in [0.4, 0.5) is 23.2 Å². The molecule has 0 spiro atoms. The largest absolute Gasteiger partial charge is 0.481 e. The SMILES string of the molecule is C[C@@H]1CN(c2ccc(C(F)(F)F)c(F)c2)CCN1S(=O)c1cccc(CC(=O)O)c1. The molecule has 3 rings (SSSR count). The van der Waals surface area contributed by atoms with Gasteiger partial charge in [-0.15, -0.1) is 0 Å². The highest BCUT2D eigenvalue weighted by molar-refractivity contribution is 7.82. The molecule has 1 fully saturated rings. The van der Waals surface area contributed by atoms with Crippen LogP contribution in [0, 0.1) is 5.82 Å². The van der Waals surface area contributed by atoms with Gasteiger partial charge in [-0.1, -0.05) is 12.1 Å². The van der Waals surface area contributed by atoms with E-state index in [-0.39, 0.29) is 12.5 Å². The highest BCUT2D eigenvalue weighted by Gasteiger charge is 2.35. The number of halogens is 4. The van der Waals surface area contributed by atoms with E-state index in [1.807, 2.05) is 6.92 Å². The van der Waals surface area contributed by atoms with Crippen LogP contribution >= 0.6 is 0 Å².